The van der Waals surface area contributed by atoms with Gasteiger partial charge >= 0.3 is 5.97 Å². The van der Waals surface area contributed by atoms with Crippen LogP contribution in [-0.4, -0.2) is 69.3 Å². The molecule has 188 valence electrons. The van der Waals surface area contributed by atoms with Gasteiger partial charge < -0.3 is 29.2 Å². The van der Waals surface area contributed by atoms with Gasteiger partial charge in [-0.1, -0.05) is 6.07 Å². The second kappa shape index (κ2) is 12.9. The Kier molecular flexibility index (Phi) is 9.42. The number of nitrogens with zero attached hydrogens (tertiary/aromatic N) is 2. The van der Waals surface area contributed by atoms with E-state index in [2.05, 4.69) is 5.32 Å². The summed E-state index contributed by atoms with van der Waals surface area (Å²) in [5, 5.41) is 12.1. The Morgan fingerprint density at radius 1 is 1.11 bits per heavy atom. The zero-order valence-corrected chi connectivity index (χ0v) is 20.1. The number of hydrogen-bond acceptors (Lipinski definition) is 8. The summed E-state index contributed by atoms with van der Waals surface area (Å²) in [4.78, 5) is 38.4. The third-order valence-electron chi connectivity index (χ3n) is 5.23. The first kappa shape index (κ1) is 26.2. The van der Waals surface area contributed by atoms with E-state index < -0.39 is 11.9 Å². The van der Waals surface area contributed by atoms with Gasteiger partial charge in [-0.3, -0.25) is 9.59 Å². The van der Waals surface area contributed by atoms with Crippen molar-refractivity contribution in [3.05, 3.63) is 59.2 Å². The van der Waals surface area contributed by atoms with Crippen molar-refractivity contribution in [2.45, 2.75) is 6.92 Å². The minimum absolute atomic E-state index is 0.136. The summed E-state index contributed by atoms with van der Waals surface area (Å²) in [6.45, 7) is 3.89. The molecule has 0 bridgehead atoms. The highest BCUT2D eigenvalue weighted by molar-refractivity contribution is 6.09. The maximum absolute atomic E-state index is 12.6. The molecule has 2 aromatic carbocycles. The molecule has 0 aromatic heterocycles. The zero-order chi connectivity index (χ0) is 25.9. The SMILES string of the molecule is CCOC(=O)c1ccc(NC(=O)/C(C#N)=C/c2ccc(OCC(=O)N3CCOCC3)c(OC)c2)cc1. The largest absolute Gasteiger partial charge is 0.493 e. The zero-order valence-electron chi connectivity index (χ0n) is 20.1. The van der Waals surface area contributed by atoms with Gasteiger partial charge in [0, 0.05) is 18.8 Å². The lowest BCUT2D eigenvalue weighted by molar-refractivity contribution is -0.137. The van der Waals surface area contributed by atoms with Crippen molar-refractivity contribution in [1.29, 1.82) is 5.26 Å². The summed E-state index contributed by atoms with van der Waals surface area (Å²) in [7, 11) is 1.46. The molecule has 10 nitrogen and oxygen atoms in total. The molecule has 1 aliphatic heterocycles. The molecule has 1 N–H and O–H groups in total. The second-order valence-electron chi connectivity index (χ2n) is 7.61. The summed E-state index contributed by atoms with van der Waals surface area (Å²) >= 11 is 0. The molecule has 1 fully saturated rings. The molecule has 0 spiro atoms. The Bertz CT molecular complexity index is 1160. The predicted octanol–water partition coefficient (Wildman–Crippen LogP) is 2.66. The Balaban J connectivity index is 1.66. The summed E-state index contributed by atoms with van der Waals surface area (Å²) in [5.41, 5.74) is 1.16. The number of rotatable bonds is 9. The molecule has 0 unspecified atom stereocenters. The van der Waals surface area contributed by atoms with Gasteiger partial charge in [0.15, 0.2) is 18.1 Å². The van der Waals surface area contributed by atoms with E-state index in [1.165, 1.54) is 25.3 Å². The molecule has 0 radical (unpaired) electrons. The number of amides is 2. The van der Waals surface area contributed by atoms with Crippen LogP contribution in [0.5, 0.6) is 11.5 Å². The minimum atomic E-state index is -0.614. The van der Waals surface area contributed by atoms with Crippen LogP contribution in [0.2, 0.25) is 0 Å². The monoisotopic (exact) mass is 493 g/mol. The highest BCUT2D eigenvalue weighted by Gasteiger charge is 2.18. The van der Waals surface area contributed by atoms with E-state index in [4.69, 9.17) is 18.9 Å². The fourth-order valence-corrected chi connectivity index (χ4v) is 3.35. The van der Waals surface area contributed by atoms with Gasteiger partial charge in [-0.25, -0.2) is 4.79 Å². The van der Waals surface area contributed by atoms with E-state index in [0.29, 0.717) is 54.6 Å². The lowest BCUT2D eigenvalue weighted by Gasteiger charge is -2.26. The number of esters is 1. The molecule has 10 heteroatoms. The normalized spacial score (nSPS) is 13.4. The molecule has 0 aliphatic carbocycles. The van der Waals surface area contributed by atoms with Crippen LogP contribution in [0.1, 0.15) is 22.8 Å². The summed E-state index contributed by atoms with van der Waals surface area (Å²) < 4.78 is 21.2. The fourth-order valence-electron chi connectivity index (χ4n) is 3.35. The van der Waals surface area contributed by atoms with Crippen molar-refractivity contribution in [2.24, 2.45) is 0 Å². The third-order valence-corrected chi connectivity index (χ3v) is 5.23. The first-order valence-electron chi connectivity index (χ1n) is 11.3. The molecular weight excluding hydrogens is 466 g/mol. The predicted molar refractivity (Wildman–Crippen MR) is 131 cm³/mol. The standard InChI is InChI=1S/C26H27N3O7/c1-3-35-26(32)19-5-7-21(8-6-19)28-25(31)20(16-27)14-18-4-9-22(23(15-18)33-2)36-17-24(30)29-10-12-34-13-11-29/h4-9,14-15H,3,10-13,17H2,1-2H3,(H,28,31)/b20-14+. The minimum Gasteiger partial charge on any atom is -0.493 e. The van der Waals surface area contributed by atoms with Crippen LogP contribution in [0.4, 0.5) is 5.69 Å². The van der Waals surface area contributed by atoms with E-state index >= 15 is 0 Å². The first-order chi connectivity index (χ1) is 17.4. The Morgan fingerprint density at radius 3 is 2.47 bits per heavy atom. The van der Waals surface area contributed by atoms with Crippen LogP contribution in [0.25, 0.3) is 6.08 Å². The van der Waals surface area contributed by atoms with Gasteiger partial charge in [0.25, 0.3) is 11.8 Å². The third kappa shape index (κ3) is 7.07. The fraction of sp³-hybridized carbons (Fsp3) is 0.308. The molecule has 36 heavy (non-hydrogen) atoms. The number of ether oxygens (including phenoxy) is 4. The number of nitriles is 1. The van der Waals surface area contributed by atoms with Crippen LogP contribution < -0.4 is 14.8 Å². The molecule has 2 aromatic rings. The van der Waals surface area contributed by atoms with E-state index in [0.717, 1.165) is 0 Å². The van der Waals surface area contributed by atoms with Crippen LogP contribution >= 0.6 is 0 Å². The molecule has 1 heterocycles. The van der Waals surface area contributed by atoms with Crippen LogP contribution in [0.3, 0.4) is 0 Å². The topological polar surface area (TPSA) is 127 Å². The number of methoxy groups -OCH3 is 1. The van der Waals surface area contributed by atoms with E-state index in [9.17, 15) is 19.6 Å². The van der Waals surface area contributed by atoms with E-state index in [1.807, 2.05) is 6.07 Å². The smallest absolute Gasteiger partial charge is 0.338 e. The molecule has 1 saturated heterocycles. The average Bonchev–Trinajstić information content (AvgIpc) is 2.91. The molecular formula is C26H27N3O7. The van der Waals surface area contributed by atoms with E-state index in [1.54, 1.807) is 42.2 Å². The van der Waals surface area contributed by atoms with Gasteiger partial charge in [0.1, 0.15) is 11.6 Å². The highest BCUT2D eigenvalue weighted by atomic mass is 16.5. The van der Waals surface area contributed by atoms with Gasteiger partial charge in [-0.05, 0) is 55.0 Å². The number of benzene rings is 2. The molecule has 0 atom stereocenters. The van der Waals surface area contributed by atoms with Crippen LogP contribution in [-0.2, 0) is 19.1 Å². The summed E-state index contributed by atoms with van der Waals surface area (Å²) in [6, 6.07) is 12.9. The first-order valence-corrected chi connectivity index (χ1v) is 11.3. The van der Waals surface area contributed by atoms with Crippen molar-refractivity contribution in [1.82, 2.24) is 4.90 Å². The van der Waals surface area contributed by atoms with Crippen molar-refractivity contribution in [3.63, 3.8) is 0 Å². The van der Waals surface area contributed by atoms with Gasteiger partial charge in [0.05, 0.1) is 32.5 Å². The molecule has 0 saturated carbocycles. The number of morpholine rings is 1. The number of anilines is 1. The summed E-state index contributed by atoms with van der Waals surface area (Å²) in [6.07, 6.45) is 1.41. The van der Waals surface area contributed by atoms with Crippen LogP contribution in [0, 0.1) is 11.3 Å². The highest BCUT2D eigenvalue weighted by Crippen LogP contribution is 2.29. The van der Waals surface area contributed by atoms with Crippen molar-refractivity contribution < 1.29 is 33.3 Å². The van der Waals surface area contributed by atoms with Gasteiger partial charge in [-0.15, -0.1) is 0 Å². The molecule has 3 rings (SSSR count). The lowest BCUT2D eigenvalue weighted by Crippen LogP contribution is -2.43. The van der Waals surface area contributed by atoms with Crippen molar-refractivity contribution in [3.8, 4) is 17.6 Å². The van der Waals surface area contributed by atoms with Crippen molar-refractivity contribution >= 4 is 29.5 Å². The number of carbonyl (C=O) groups excluding carboxylic acids is 3. The van der Waals surface area contributed by atoms with Gasteiger partial charge in [-0.2, -0.15) is 5.26 Å². The molecule has 1 aliphatic rings. The Morgan fingerprint density at radius 2 is 1.83 bits per heavy atom. The lowest BCUT2D eigenvalue weighted by atomic mass is 10.1. The Labute approximate surface area is 209 Å². The van der Waals surface area contributed by atoms with Crippen LogP contribution in [0.15, 0.2) is 48.0 Å². The average molecular weight is 494 g/mol. The summed E-state index contributed by atoms with van der Waals surface area (Å²) in [5.74, 6) is -0.508. The van der Waals surface area contributed by atoms with Crippen molar-refractivity contribution in [2.75, 3.05) is 51.9 Å². The van der Waals surface area contributed by atoms with Gasteiger partial charge in [0.2, 0.25) is 0 Å². The van der Waals surface area contributed by atoms with E-state index in [-0.39, 0.29) is 24.7 Å². The number of carbonyl (C=O) groups is 3. The number of hydrogen-bond donors (Lipinski definition) is 1. The number of nitrogens with one attached hydrogen (secondary N) is 1. The Hall–Kier alpha value is -4.36. The second-order valence-corrected chi connectivity index (χ2v) is 7.61. The maximum atomic E-state index is 12.6. The quantitative estimate of drug-likeness (QED) is 0.321. The molecule has 2 amide bonds. The maximum Gasteiger partial charge on any atom is 0.338 e.